The molecular weight excluding hydrogens is 589 g/mol. The number of anilines is 1. The molecule has 0 radical (unpaired) electrons. The molecule has 0 spiro atoms. The molecule has 0 heterocycles. The fourth-order valence-electron chi connectivity index (χ4n) is 5.75. The summed E-state index contributed by atoms with van der Waals surface area (Å²) in [4.78, 5) is 29.9. The van der Waals surface area contributed by atoms with Crippen molar-refractivity contribution >= 4 is 27.5 Å². The van der Waals surface area contributed by atoms with E-state index >= 15 is 4.39 Å². The number of para-hydroxylation sites is 1. The van der Waals surface area contributed by atoms with E-state index in [9.17, 15) is 18.0 Å². The van der Waals surface area contributed by atoms with Crippen molar-refractivity contribution in [2.45, 2.75) is 62.0 Å². The Morgan fingerprint density at radius 2 is 1.36 bits per heavy atom. The first-order valence-electron chi connectivity index (χ1n) is 15.3. The van der Waals surface area contributed by atoms with Crippen LogP contribution in [-0.4, -0.2) is 43.8 Å². The lowest BCUT2D eigenvalue weighted by Gasteiger charge is -2.35. The molecule has 4 aromatic rings. The molecule has 9 heteroatoms. The quantitative estimate of drug-likeness (QED) is 0.205. The van der Waals surface area contributed by atoms with Crippen molar-refractivity contribution in [1.82, 2.24) is 10.2 Å². The molecule has 7 nitrogen and oxygen atoms in total. The van der Waals surface area contributed by atoms with E-state index in [1.54, 1.807) is 66.7 Å². The Kier molecular flexibility index (Phi) is 10.6. The standard InChI is InChI=1S/C36H38FN3O4S/c37-33-24-14-13-17-29(33)26-39(34(25-28-15-5-1-6-16-28)36(42)38-30-18-7-2-8-19-30)35(41)27-40(31-20-9-3-10-21-31)45(43,44)32-22-11-4-12-23-32/h1,3-6,9-17,20-24,30,34H,2,7-8,18-19,25-27H2,(H,38,42). The zero-order valence-electron chi connectivity index (χ0n) is 25.1. The first-order valence-corrected chi connectivity index (χ1v) is 16.8. The monoisotopic (exact) mass is 627 g/mol. The van der Waals surface area contributed by atoms with Crippen molar-refractivity contribution in [1.29, 1.82) is 0 Å². The molecule has 0 saturated heterocycles. The minimum Gasteiger partial charge on any atom is -0.352 e. The second-order valence-electron chi connectivity index (χ2n) is 11.3. The number of nitrogens with zero attached hydrogens (tertiary/aromatic N) is 2. The minimum absolute atomic E-state index is 0.0192. The largest absolute Gasteiger partial charge is 0.352 e. The van der Waals surface area contributed by atoms with Gasteiger partial charge in [-0.2, -0.15) is 0 Å². The third kappa shape index (κ3) is 8.16. The van der Waals surface area contributed by atoms with Gasteiger partial charge in [-0.15, -0.1) is 0 Å². The molecule has 1 aliphatic rings. The molecular formula is C36H38FN3O4S. The van der Waals surface area contributed by atoms with Crippen molar-refractivity contribution in [3.8, 4) is 0 Å². The summed E-state index contributed by atoms with van der Waals surface area (Å²) in [6.07, 6.45) is 5.01. The number of rotatable bonds is 12. The van der Waals surface area contributed by atoms with Crippen molar-refractivity contribution in [2.24, 2.45) is 0 Å². The molecule has 1 atom stereocenters. The van der Waals surface area contributed by atoms with Crippen LogP contribution in [0, 0.1) is 5.82 Å². The highest BCUT2D eigenvalue weighted by Gasteiger charge is 2.35. The maximum absolute atomic E-state index is 15.1. The lowest BCUT2D eigenvalue weighted by molar-refractivity contribution is -0.140. The Hall–Kier alpha value is -4.50. The van der Waals surface area contributed by atoms with Crippen molar-refractivity contribution in [2.75, 3.05) is 10.8 Å². The molecule has 4 aromatic carbocycles. The van der Waals surface area contributed by atoms with Crippen LogP contribution in [0.2, 0.25) is 0 Å². The first-order chi connectivity index (χ1) is 21.8. The van der Waals surface area contributed by atoms with Gasteiger partial charge in [-0.25, -0.2) is 12.8 Å². The van der Waals surface area contributed by atoms with Crippen molar-refractivity contribution in [3.63, 3.8) is 0 Å². The number of hydrogen-bond acceptors (Lipinski definition) is 4. The molecule has 1 N–H and O–H groups in total. The smallest absolute Gasteiger partial charge is 0.264 e. The van der Waals surface area contributed by atoms with Gasteiger partial charge in [-0.1, -0.05) is 104 Å². The fourth-order valence-corrected chi connectivity index (χ4v) is 7.19. The highest BCUT2D eigenvalue weighted by molar-refractivity contribution is 7.92. The molecule has 1 saturated carbocycles. The molecule has 0 aromatic heterocycles. The topological polar surface area (TPSA) is 86.8 Å². The van der Waals surface area contributed by atoms with Gasteiger partial charge in [-0.3, -0.25) is 13.9 Å². The predicted molar refractivity (Wildman–Crippen MR) is 173 cm³/mol. The van der Waals surface area contributed by atoms with Gasteiger partial charge >= 0.3 is 0 Å². The Morgan fingerprint density at radius 3 is 2.00 bits per heavy atom. The summed E-state index contributed by atoms with van der Waals surface area (Å²) in [6.45, 7) is -0.799. The molecule has 1 aliphatic carbocycles. The Labute approximate surface area is 264 Å². The summed E-state index contributed by atoms with van der Waals surface area (Å²) in [5, 5.41) is 3.16. The summed E-state index contributed by atoms with van der Waals surface area (Å²) < 4.78 is 44.1. The van der Waals surface area contributed by atoms with E-state index < -0.39 is 34.3 Å². The predicted octanol–water partition coefficient (Wildman–Crippen LogP) is 6.11. The minimum atomic E-state index is -4.18. The van der Waals surface area contributed by atoms with Gasteiger partial charge in [0.05, 0.1) is 10.6 Å². The summed E-state index contributed by atoms with van der Waals surface area (Å²) in [7, 11) is -4.18. The van der Waals surface area contributed by atoms with E-state index in [2.05, 4.69) is 5.32 Å². The maximum Gasteiger partial charge on any atom is 0.264 e. The maximum atomic E-state index is 15.1. The molecule has 2 amide bonds. The number of benzene rings is 4. The molecule has 234 valence electrons. The molecule has 1 unspecified atom stereocenters. The van der Waals surface area contributed by atoms with Crippen LogP contribution in [0.4, 0.5) is 10.1 Å². The zero-order chi connectivity index (χ0) is 31.6. The van der Waals surface area contributed by atoms with Crippen LogP contribution in [0.3, 0.4) is 0 Å². The van der Waals surface area contributed by atoms with Crippen molar-refractivity contribution in [3.05, 3.63) is 132 Å². The van der Waals surface area contributed by atoms with Gasteiger partial charge < -0.3 is 10.2 Å². The second kappa shape index (κ2) is 15.0. The average molecular weight is 628 g/mol. The number of amides is 2. The highest BCUT2D eigenvalue weighted by Crippen LogP contribution is 2.25. The Morgan fingerprint density at radius 1 is 0.778 bits per heavy atom. The fraction of sp³-hybridized carbons (Fsp3) is 0.278. The van der Waals surface area contributed by atoms with Crippen LogP contribution in [0.15, 0.2) is 120 Å². The van der Waals surface area contributed by atoms with Gasteiger partial charge in [0, 0.05) is 24.6 Å². The molecule has 45 heavy (non-hydrogen) atoms. The second-order valence-corrected chi connectivity index (χ2v) is 13.2. The number of sulfonamides is 1. The number of nitrogens with one attached hydrogen (secondary N) is 1. The van der Waals surface area contributed by atoms with Crippen LogP contribution >= 0.6 is 0 Å². The van der Waals surface area contributed by atoms with Gasteiger partial charge in [0.2, 0.25) is 11.8 Å². The van der Waals surface area contributed by atoms with Crippen molar-refractivity contribution < 1.29 is 22.4 Å². The van der Waals surface area contributed by atoms with Gasteiger partial charge in [0.1, 0.15) is 18.4 Å². The Bertz CT molecular complexity index is 1660. The first kappa shape index (κ1) is 31.9. The number of halogens is 1. The third-order valence-electron chi connectivity index (χ3n) is 8.18. The highest BCUT2D eigenvalue weighted by atomic mass is 32.2. The number of hydrogen-bond donors (Lipinski definition) is 1. The van der Waals surface area contributed by atoms with E-state index in [1.807, 2.05) is 30.3 Å². The van der Waals surface area contributed by atoms with Gasteiger partial charge in [-0.05, 0) is 48.7 Å². The molecule has 5 rings (SSSR count). The molecule has 1 fully saturated rings. The van der Waals surface area contributed by atoms with E-state index in [-0.39, 0.29) is 35.4 Å². The third-order valence-corrected chi connectivity index (χ3v) is 9.96. The van der Waals surface area contributed by atoms with E-state index in [4.69, 9.17) is 0 Å². The van der Waals surface area contributed by atoms with Crippen LogP contribution in [0.25, 0.3) is 0 Å². The normalized spacial score (nSPS) is 14.3. The van der Waals surface area contributed by atoms with Crippen LogP contribution in [0.5, 0.6) is 0 Å². The summed E-state index contributed by atoms with van der Waals surface area (Å²) in [5.74, 6) is -1.48. The zero-order valence-corrected chi connectivity index (χ0v) is 25.9. The lowest BCUT2D eigenvalue weighted by Crippen LogP contribution is -2.55. The summed E-state index contributed by atoms with van der Waals surface area (Å²) in [6, 6.07) is 30.7. The summed E-state index contributed by atoms with van der Waals surface area (Å²) in [5.41, 5.74) is 1.35. The molecule has 0 bridgehead atoms. The molecule has 0 aliphatic heterocycles. The average Bonchev–Trinajstić information content (AvgIpc) is 3.07. The van der Waals surface area contributed by atoms with E-state index in [1.165, 1.54) is 23.1 Å². The van der Waals surface area contributed by atoms with E-state index in [0.717, 1.165) is 42.0 Å². The number of carbonyl (C=O) groups is 2. The van der Waals surface area contributed by atoms with E-state index in [0.29, 0.717) is 5.69 Å². The lowest BCUT2D eigenvalue weighted by atomic mass is 9.94. The van der Waals surface area contributed by atoms with Gasteiger partial charge in [0.25, 0.3) is 10.0 Å². The Balaban J connectivity index is 1.55. The number of carbonyl (C=O) groups excluding carboxylic acids is 2. The van der Waals surface area contributed by atoms with Gasteiger partial charge in [0.15, 0.2) is 0 Å². The van der Waals surface area contributed by atoms with Crippen LogP contribution in [-0.2, 0) is 32.6 Å². The SMILES string of the molecule is O=C(NC1CCCCC1)C(Cc1ccccc1)N(Cc1ccccc1F)C(=O)CN(c1ccccc1)S(=O)(=O)c1ccccc1. The van der Waals surface area contributed by atoms with Crippen LogP contribution < -0.4 is 9.62 Å². The van der Waals surface area contributed by atoms with Crippen LogP contribution in [0.1, 0.15) is 43.2 Å². The summed E-state index contributed by atoms with van der Waals surface area (Å²) >= 11 is 0.